The molecule has 4 N–H and O–H groups in total. The fourth-order valence-corrected chi connectivity index (χ4v) is 1.75. The van der Waals surface area contributed by atoms with Crippen LogP contribution in [0, 0.1) is 5.82 Å². The van der Waals surface area contributed by atoms with Gasteiger partial charge in [0.2, 0.25) is 0 Å². The molecule has 1 aromatic heterocycles. The Hall–Kier alpha value is -1.72. The average Bonchev–Trinajstić information content (AvgIpc) is 2.81. The lowest BCUT2D eigenvalue weighted by Gasteiger charge is -2.11. The second-order valence-corrected chi connectivity index (χ2v) is 3.82. The van der Waals surface area contributed by atoms with Crippen LogP contribution in [0.15, 0.2) is 30.5 Å². The first-order valence-corrected chi connectivity index (χ1v) is 5.36. The number of hydrogen-bond acceptors (Lipinski definition) is 3. The molecule has 0 fully saturated rings. The van der Waals surface area contributed by atoms with Crippen LogP contribution in [-0.2, 0) is 0 Å². The molecule has 0 saturated heterocycles. The van der Waals surface area contributed by atoms with Crippen molar-refractivity contribution in [2.24, 2.45) is 5.73 Å². The third kappa shape index (κ3) is 2.35. The van der Waals surface area contributed by atoms with Crippen LogP contribution in [0.2, 0.25) is 0 Å². The van der Waals surface area contributed by atoms with Crippen LogP contribution >= 0.6 is 0 Å². The Bertz CT molecular complexity index is 477. The fraction of sp³-hybridized carbons (Fsp3) is 0.250. The largest absolute Gasteiger partial charge is 0.396 e. The molecule has 0 aliphatic heterocycles. The topological polar surface area (TPSA) is 74.9 Å². The third-order valence-corrected chi connectivity index (χ3v) is 2.75. The first-order chi connectivity index (χ1) is 8.26. The average molecular weight is 235 g/mol. The summed E-state index contributed by atoms with van der Waals surface area (Å²) in [7, 11) is 0. The maximum Gasteiger partial charge on any atom is 0.123 e. The van der Waals surface area contributed by atoms with Gasteiger partial charge >= 0.3 is 0 Å². The molecule has 0 bridgehead atoms. The van der Waals surface area contributed by atoms with Crippen LogP contribution in [0.4, 0.5) is 4.39 Å². The summed E-state index contributed by atoms with van der Waals surface area (Å²) in [5.41, 5.74) is 8.03. The first-order valence-electron chi connectivity index (χ1n) is 5.36. The Balaban J connectivity index is 2.39. The number of nitrogens with two attached hydrogens (primary N) is 1. The summed E-state index contributed by atoms with van der Waals surface area (Å²) in [5.74, 6) is -0.443. The molecule has 0 spiro atoms. The Kier molecular flexibility index (Phi) is 3.51. The number of aromatic nitrogens is 2. The molecule has 5 heteroatoms. The molecule has 0 amide bonds. The van der Waals surface area contributed by atoms with E-state index in [1.54, 1.807) is 18.3 Å². The number of nitrogens with zero attached hydrogens (tertiary/aromatic N) is 1. The number of rotatable bonds is 4. The summed E-state index contributed by atoms with van der Waals surface area (Å²) in [6, 6.07) is 6.10. The molecule has 17 heavy (non-hydrogen) atoms. The predicted octanol–water partition coefficient (Wildman–Crippen LogP) is 1.25. The van der Waals surface area contributed by atoms with Gasteiger partial charge in [0.1, 0.15) is 5.82 Å². The molecule has 0 saturated carbocycles. The molecule has 1 atom stereocenters. The van der Waals surface area contributed by atoms with E-state index < -0.39 is 0 Å². The van der Waals surface area contributed by atoms with E-state index in [1.165, 1.54) is 12.1 Å². The highest BCUT2D eigenvalue weighted by Gasteiger charge is 2.16. The summed E-state index contributed by atoms with van der Waals surface area (Å²) in [5, 5.41) is 16.0. The van der Waals surface area contributed by atoms with Gasteiger partial charge in [0, 0.05) is 23.6 Å². The number of aliphatic hydroxyl groups excluding tert-OH is 1. The summed E-state index contributed by atoms with van der Waals surface area (Å²) in [4.78, 5) is 0. The van der Waals surface area contributed by atoms with E-state index in [0.29, 0.717) is 6.54 Å². The Morgan fingerprint density at radius 2 is 2.06 bits per heavy atom. The van der Waals surface area contributed by atoms with Crippen molar-refractivity contribution in [3.8, 4) is 11.3 Å². The lowest BCUT2D eigenvalue weighted by molar-refractivity contribution is 0.268. The Labute approximate surface area is 98.3 Å². The highest BCUT2D eigenvalue weighted by Crippen LogP contribution is 2.26. The SMILES string of the molecule is NCC(CO)c1cn[nH]c1-c1ccc(F)cc1. The van der Waals surface area contributed by atoms with Gasteiger partial charge in [-0.2, -0.15) is 5.10 Å². The molecule has 4 nitrogen and oxygen atoms in total. The zero-order valence-corrected chi connectivity index (χ0v) is 9.23. The molecule has 0 radical (unpaired) electrons. The highest BCUT2D eigenvalue weighted by molar-refractivity contribution is 5.63. The minimum Gasteiger partial charge on any atom is -0.396 e. The van der Waals surface area contributed by atoms with Crippen molar-refractivity contribution < 1.29 is 9.50 Å². The van der Waals surface area contributed by atoms with Crippen LogP contribution in [-0.4, -0.2) is 28.5 Å². The quantitative estimate of drug-likeness (QED) is 0.746. The van der Waals surface area contributed by atoms with Crippen LogP contribution in [0.5, 0.6) is 0 Å². The maximum atomic E-state index is 12.8. The van der Waals surface area contributed by atoms with Gasteiger partial charge in [-0.1, -0.05) is 0 Å². The molecule has 1 aromatic carbocycles. The van der Waals surface area contributed by atoms with E-state index >= 15 is 0 Å². The Morgan fingerprint density at radius 3 is 2.65 bits per heavy atom. The van der Waals surface area contributed by atoms with Gasteiger partial charge in [0.15, 0.2) is 0 Å². The number of aliphatic hydroxyl groups is 1. The van der Waals surface area contributed by atoms with Gasteiger partial charge in [0.05, 0.1) is 18.5 Å². The zero-order valence-electron chi connectivity index (χ0n) is 9.23. The third-order valence-electron chi connectivity index (χ3n) is 2.75. The molecule has 2 rings (SSSR count). The second-order valence-electron chi connectivity index (χ2n) is 3.82. The normalized spacial score (nSPS) is 12.6. The van der Waals surface area contributed by atoms with Gasteiger partial charge in [0.25, 0.3) is 0 Å². The van der Waals surface area contributed by atoms with Crippen LogP contribution < -0.4 is 5.73 Å². The van der Waals surface area contributed by atoms with Crippen molar-refractivity contribution in [3.05, 3.63) is 41.8 Å². The molecule has 2 aromatic rings. The van der Waals surface area contributed by atoms with E-state index in [4.69, 9.17) is 5.73 Å². The minimum atomic E-state index is -0.285. The van der Waals surface area contributed by atoms with Crippen molar-refractivity contribution in [2.75, 3.05) is 13.2 Å². The molecular weight excluding hydrogens is 221 g/mol. The van der Waals surface area contributed by atoms with E-state index in [-0.39, 0.29) is 18.3 Å². The molecule has 1 heterocycles. The Morgan fingerprint density at radius 1 is 1.35 bits per heavy atom. The molecule has 1 unspecified atom stereocenters. The highest BCUT2D eigenvalue weighted by atomic mass is 19.1. The molecule has 90 valence electrons. The summed E-state index contributed by atoms with van der Waals surface area (Å²) < 4.78 is 12.8. The van der Waals surface area contributed by atoms with Crippen molar-refractivity contribution in [3.63, 3.8) is 0 Å². The summed E-state index contributed by atoms with van der Waals surface area (Å²) >= 11 is 0. The molecular formula is C12H14FN3O. The number of benzene rings is 1. The summed E-state index contributed by atoms with van der Waals surface area (Å²) in [6.45, 7) is 0.300. The van der Waals surface area contributed by atoms with Gasteiger partial charge in [-0.15, -0.1) is 0 Å². The second kappa shape index (κ2) is 5.07. The van der Waals surface area contributed by atoms with Gasteiger partial charge in [-0.3, -0.25) is 5.10 Å². The zero-order chi connectivity index (χ0) is 12.3. The van der Waals surface area contributed by atoms with Gasteiger partial charge < -0.3 is 10.8 Å². The smallest absolute Gasteiger partial charge is 0.123 e. The monoisotopic (exact) mass is 235 g/mol. The van der Waals surface area contributed by atoms with Crippen LogP contribution in [0.25, 0.3) is 11.3 Å². The van der Waals surface area contributed by atoms with E-state index in [2.05, 4.69) is 10.2 Å². The molecule has 0 aliphatic rings. The van der Waals surface area contributed by atoms with Crippen LogP contribution in [0.1, 0.15) is 11.5 Å². The lowest BCUT2D eigenvalue weighted by Crippen LogP contribution is -2.16. The molecule has 0 aliphatic carbocycles. The van der Waals surface area contributed by atoms with Gasteiger partial charge in [-0.25, -0.2) is 4.39 Å². The number of hydrogen-bond donors (Lipinski definition) is 3. The number of aromatic amines is 1. The maximum absolute atomic E-state index is 12.8. The van der Waals surface area contributed by atoms with E-state index in [9.17, 15) is 9.50 Å². The number of halogens is 1. The van der Waals surface area contributed by atoms with Crippen molar-refractivity contribution >= 4 is 0 Å². The fourth-order valence-electron chi connectivity index (χ4n) is 1.75. The minimum absolute atomic E-state index is 0.0375. The number of H-pyrrole nitrogens is 1. The van der Waals surface area contributed by atoms with E-state index in [0.717, 1.165) is 16.8 Å². The van der Waals surface area contributed by atoms with Crippen LogP contribution in [0.3, 0.4) is 0 Å². The predicted molar refractivity (Wildman–Crippen MR) is 62.9 cm³/mol. The van der Waals surface area contributed by atoms with Crippen molar-refractivity contribution in [1.29, 1.82) is 0 Å². The van der Waals surface area contributed by atoms with Crippen molar-refractivity contribution in [1.82, 2.24) is 10.2 Å². The van der Waals surface area contributed by atoms with E-state index in [1.807, 2.05) is 0 Å². The van der Waals surface area contributed by atoms with Crippen molar-refractivity contribution in [2.45, 2.75) is 5.92 Å². The standard InChI is InChI=1S/C12H14FN3O/c13-10-3-1-8(2-4-10)12-11(6-15-16-12)9(5-14)7-17/h1-4,6,9,17H,5,7,14H2,(H,15,16). The first kappa shape index (κ1) is 11.8. The van der Waals surface area contributed by atoms with Gasteiger partial charge in [-0.05, 0) is 24.3 Å². The number of nitrogens with one attached hydrogen (secondary N) is 1. The summed E-state index contributed by atoms with van der Waals surface area (Å²) in [6.07, 6.45) is 1.65. The lowest BCUT2D eigenvalue weighted by atomic mass is 9.97.